The van der Waals surface area contributed by atoms with Crippen LogP contribution in [0.5, 0.6) is 5.75 Å². The molecule has 1 aliphatic rings. The normalized spacial score (nSPS) is 17.2. The van der Waals surface area contributed by atoms with E-state index in [1.165, 1.54) is 6.42 Å². The van der Waals surface area contributed by atoms with Crippen LogP contribution in [0.2, 0.25) is 0 Å². The number of hydrogen-bond acceptors (Lipinski definition) is 3. The van der Waals surface area contributed by atoms with Crippen LogP contribution in [0.4, 0.5) is 0 Å². The number of rotatable bonds is 6. The number of nitrogens with one attached hydrogen (secondary N) is 1. The van der Waals surface area contributed by atoms with E-state index in [1.54, 1.807) is 0 Å². The highest BCUT2D eigenvalue weighted by Gasteiger charge is 2.29. The lowest BCUT2D eigenvalue weighted by molar-refractivity contribution is -0.123. The molecule has 1 fully saturated rings. The van der Waals surface area contributed by atoms with E-state index in [-0.39, 0.29) is 5.91 Å². The van der Waals surface area contributed by atoms with Gasteiger partial charge in [0.2, 0.25) is 5.91 Å². The molecule has 4 nitrogen and oxygen atoms in total. The zero-order valence-electron chi connectivity index (χ0n) is 12.1. The molecule has 1 aromatic carbocycles. The van der Waals surface area contributed by atoms with Gasteiger partial charge in [-0.2, -0.15) is 0 Å². The fourth-order valence-corrected chi connectivity index (χ4v) is 2.93. The van der Waals surface area contributed by atoms with Crippen LogP contribution >= 0.6 is 15.9 Å². The average molecular weight is 356 g/mol. The maximum absolute atomic E-state index is 11.8. The number of halogens is 1. The van der Waals surface area contributed by atoms with E-state index in [1.807, 2.05) is 24.3 Å². The molecule has 0 radical (unpaired) electrons. The van der Waals surface area contributed by atoms with Crippen LogP contribution in [0.3, 0.4) is 0 Å². The van der Waals surface area contributed by atoms with Gasteiger partial charge in [0.05, 0.1) is 18.6 Å². The number of hydrogen-bond donors (Lipinski definition) is 2. The van der Waals surface area contributed by atoms with Gasteiger partial charge in [-0.1, -0.05) is 41.3 Å². The lowest BCUT2D eigenvalue weighted by Gasteiger charge is -2.32. The lowest BCUT2D eigenvalue weighted by Crippen LogP contribution is -2.44. The first-order valence-electron chi connectivity index (χ1n) is 7.45. The van der Waals surface area contributed by atoms with Gasteiger partial charge in [0, 0.05) is 11.0 Å². The molecule has 0 bridgehead atoms. The SMILES string of the molecule is O=C(CCOc1cccc(Br)c1)NCC1(O)CCCCC1. The minimum atomic E-state index is -0.709. The van der Waals surface area contributed by atoms with Crippen molar-refractivity contribution in [1.82, 2.24) is 5.32 Å². The number of amides is 1. The van der Waals surface area contributed by atoms with Crippen LogP contribution in [0.1, 0.15) is 38.5 Å². The number of carbonyl (C=O) groups excluding carboxylic acids is 1. The van der Waals surface area contributed by atoms with Crippen molar-refractivity contribution in [3.05, 3.63) is 28.7 Å². The van der Waals surface area contributed by atoms with Crippen molar-refractivity contribution >= 4 is 21.8 Å². The summed E-state index contributed by atoms with van der Waals surface area (Å²) in [6.07, 6.45) is 5.11. The molecule has 0 saturated heterocycles. The maximum Gasteiger partial charge on any atom is 0.223 e. The fraction of sp³-hybridized carbons (Fsp3) is 0.562. The Morgan fingerprint density at radius 2 is 2.10 bits per heavy atom. The van der Waals surface area contributed by atoms with E-state index in [2.05, 4.69) is 21.2 Å². The summed E-state index contributed by atoms with van der Waals surface area (Å²) in [5, 5.41) is 13.1. The predicted octanol–water partition coefficient (Wildman–Crippen LogP) is 3.03. The molecule has 0 atom stereocenters. The maximum atomic E-state index is 11.8. The van der Waals surface area contributed by atoms with Crippen LogP contribution in [0.25, 0.3) is 0 Å². The molecule has 5 heteroatoms. The van der Waals surface area contributed by atoms with E-state index in [9.17, 15) is 9.90 Å². The Kier molecular flexibility index (Phi) is 6.06. The minimum Gasteiger partial charge on any atom is -0.493 e. The van der Waals surface area contributed by atoms with Crippen molar-refractivity contribution in [3.8, 4) is 5.75 Å². The van der Waals surface area contributed by atoms with Crippen LogP contribution in [0, 0.1) is 0 Å². The number of carbonyl (C=O) groups is 1. The number of aliphatic hydroxyl groups is 1. The lowest BCUT2D eigenvalue weighted by atomic mass is 9.85. The zero-order valence-corrected chi connectivity index (χ0v) is 13.7. The molecule has 0 heterocycles. The second-order valence-corrected chi connectivity index (χ2v) is 6.53. The first-order chi connectivity index (χ1) is 10.1. The summed E-state index contributed by atoms with van der Waals surface area (Å²) >= 11 is 3.37. The molecule has 1 saturated carbocycles. The standard InChI is InChI=1S/C16H22BrNO3/c17-13-5-4-6-14(11-13)21-10-7-15(19)18-12-16(20)8-2-1-3-9-16/h4-6,11,20H,1-3,7-10,12H2,(H,18,19). The van der Waals surface area contributed by atoms with Gasteiger partial charge >= 0.3 is 0 Å². The average Bonchev–Trinajstić information content (AvgIpc) is 2.46. The van der Waals surface area contributed by atoms with Crippen molar-refractivity contribution < 1.29 is 14.6 Å². The number of benzene rings is 1. The monoisotopic (exact) mass is 355 g/mol. The Morgan fingerprint density at radius 3 is 2.81 bits per heavy atom. The summed E-state index contributed by atoms with van der Waals surface area (Å²) in [7, 11) is 0. The molecule has 2 N–H and O–H groups in total. The van der Waals surface area contributed by atoms with Gasteiger partial charge in [-0.3, -0.25) is 4.79 Å². The molecule has 1 aliphatic carbocycles. The highest BCUT2D eigenvalue weighted by molar-refractivity contribution is 9.10. The van der Waals surface area contributed by atoms with Gasteiger partial charge in [0.25, 0.3) is 0 Å². The second-order valence-electron chi connectivity index (χ2n) is 5.62. The molecule has 116 valence electrons. The summed E-state index contributed by atoms with van der Waals surface area (Å²) in [5.41, 5.74) is -0.709. The van der Waals surface area contributed by atoms with Crippen LogP contribution < -0.4 is 10.1 Å². The first kappa shape index (κ1) is 16.3. The molecule has 0 aromatic heterocycles. The van der Waals surface area contributed by atoms with E-state index < -0.39 is 5.60 Å². The highest BCUT2D eigenvalue weighted by atomic mass is 79.9. The molecule has 1 aromatic rings. The van der Waals surface area contributed by atoms with Gasteiger partial charge in [-0.25, -0.2) is 0 Å². The van der Waals surface area contributed by atoms with Crippen molar-refractivity contribution in [3.63, 3.8) is 0 Å². The predicted molar refractivity (Wildman–Crippen MR) is 85.3 cm³/mol. The Labute approximate surface area is 134 Å². The van der Waals surface area contributed by atoms with Gasteiger partial charge < -0.3 is 15.2 Å². The first-order valence-corrected chi connectivity index (χ1v) is 8.24. The molecule has 0 aliphatic heterocycles. The largest absolute Gasteiger partial charge is 0.493 e. The Balaban J connectivity index is 1.65. The van der Waals surface area contributed by atoms with Crippen LogP contribution in [-0.4, -0.2) is 29.8 Å². The molecular weight excluding hydrogens is 334 g/mol. The van der Waals surface area contributed by atoms with Gasteiger partial charge in [-0.05, 0) is 31.0 Å². The van der Waals surface area contributed by atoms with Crippen molar-refractivity contribution in [1.29, 1.82) is 0 Å². The third-order valence-electron chi connectivity index (χ3n) is 3.79. The van der Waals surface area contributed by atoms with Crippen molar-refractivity contribution in [2.24, 2.45) is 0 Å². The van der Waals surface area contributed by atoms with Gasteiger partial charge in [0.1, 0.15) is 5.75 Å². The third-order valence-corrected chi connectivity index (χ3v) is 4.29. The highest BCUT2D eigenvalue weighted by Crippen LogP contribution is 2.27. The summed E-state index contributed by atoms with van der Waals surface area (Å²) in [6.45, 7) is 0.684. The van der Waals surface area contributed by atoms with Gasteiger partial charge in [-0.15, -0.1) is 0 Å². The van der Waals surface area contributed by atoms with Crippen molar-refractivity contribution in [2.75, 3.05) is 13.2 Å². The summed E-state index contributed by atoms with van der Waals surface area (Å²) in [6, 6.07) is 7.53. The van der Waals surface area contributed by atoms with E-state index in [0.717, 1.165) is 35.9 Å². The Bertz CT molecular complexity index is 472. The van der Waals surface area contributed by atoms with E-state index >= 15 is 0 Å². The van der Waals surface area contributed by atoms with Crippen LogP contribution in [0.15, 0.2) is 28.7 Å². The number of ether oxygens (including phenoxy) is 1. The zero-order chi connectivity index (χ0) is 15.1. The molecular formula is C16H22BrNO3. The molecule has 2 rings (SSSR count). The second kappa shape index (κ2) is 7.80. The fourth-order valence-electron chi connectivity index (χ4n) is 2.56. The Hall–Kier alpha value is -1.07. The van der Waals surface area contributed by atoms with Crippen LogP contribution in [-0.2, 0) is 4.79 Å². The molecule has 0 spiro atoms. The topological polar surface area (TPSA) is 58.6 Å². The van der Waals surface area contributed by atoms with E-state index in [4.69, 9.17) is 4.74 Å². The smallest absolute Gasteiger partial charge is 0.223 e. The summed E-state index contributed by atoms with van der Waals surface area (Å²) < 4.78 is 6.47. The summed E-state index contributed by atoms with van der Waals surface area (Å²) in [4.78, 5) is 11.8. The van der Waals surface area contributed by atoms with Crippen molar-refractivity contribution in [2.45, 2.75) is 44.1 Å². The van der Waals surface area contributed by atoms with Gasteiger partial charge in [0.15, 0.2) is 0 Å². The quantitative estimate of drug-likeness (QED) is 0.824. The third kappa shape index (κ3) is 5.67. The Morgan fingerprint density at radius 1 is 1.33 bits per heavy atom. The molecule has 0 unspecified atom stereocenters. The molecule has 21 heavy (non-hydrogen) atoms. The molecule has 1 amide bonds. The summed E-state index contributed by atoms with van der Waals surface area (Å²) in [5.74, 6) is 0.659. The minimum absolute atomic E-state index is 0.0796. The van der Waals surface area contributed by atoms with E-state index in [0.29, 0.717) is 19.6 Å².